The van der Waals surface area contributed by atoms with Crippen LogP contribution in [0, 0.1) is 0 Å². The van der Waals surface area contributed by atoms with E-state index in [1.165, 1.54) is 22.4 Å². The lowest BCUT2D eigenvalue weighted by atomic mass is 9.86. The smallest absolute Gasteiger partial charge is 0.387 e. The number of halogens is 3. The fraction of sp³-hybridized carbons (Fsp3) is 0.320. The Morgan fingerprint density at radius 2 is 1.81 bits per heavy atom. The van der Waals surface area contributed by atoms with Crippen LogP contribution in [0.25, 0.3) is 10.8 Å². The van der Waals surface area contributed by atoms with E-state index in [2.05, 4.69) is 46.5 Å². The second kappa shape index (κ2) is 7.68. The Hall–Kier alpha value is -2.86. The van der Waals surface area contributed by atoms with Gasteiger partial charge in [-0.25, -0.2) is 0 Å². The molecule has 0 saturated carbocycles. The zero-order chi connectivity index (χ0) is 21.5. The van der Waals surface area contributed by atoms with Gasteiger partial charge in [0.15, 0.2) is 5.60 Å². The van der Waals surface area contributed by atoms with E-state index in [0.29, 0.717) is 24.2 Å². The predicted molar refractivity (Wildman–Crippen MR) is 115 cm³/mol. The summed E-state index contributed by atoms with van der Waals surface area (Å²) in [5.41, 5.74) is 1.23. The van der Waals surface area contributed by atoms with Crippen LogP contribution in [0.2, 0.25) is 0 Å². The number of oxime groups is 1. The number of hydrogen-bond acceptors (Lipinski definition) is 3. The number of rotatable bonds is 3. The molecule has 0 amide bonds. The molecule has 1 atom stereocenters. The SMILES string of the molecule is FC(F)(F)c1cccc(C2=NOC3(CCCN(Cc4cccc5ccccc45)C3)C2)c1. The van der Waals surface area contributed by atoms with Gasteiger partial charge in [-0.05, 0) is 47.9 Å². The Kier molecular flexibility index (Phi) is 4.97. The van der Waals surface area contributed by atoms with E-state index in [1.807, 2.05) is 6.07 Å². The van der Waals surface area contributed by atoms with Crippen LogP contribution < -0.4 is 0 Å². The van der Waals surface area contributed by atoms with Crippen molar-refractivity contribution in [1.82, 2.24) is 4.90 Å². The Labute approximate surface area is 179 Å². The molecule has 1 fully saturated rings. The number of hydrogen-bond donors (Lipinski definition) is 0. The highest BCUT2D eigenvalue weighted by molar-refractivity contribution is 6.01. The van der Waals surface area contributed by atoms with Crippen molar-refractivity contribution >= 4 is 16.5 Å². The normalized spacial score (nSPS) is 22.0. The third kappa shape index (κ3) is 4.04. The number of alkyl halides is 3. The fourth-order valence-electron chi connectivity index (χ4n) is 4.77. The second-order valence-corrected chi connectivity index (χ2v) is 8.52. The molecule has 5 rings (SSSR count). The van der Waals surface area contributed by atoms with Crippen LogP contribution in [0.4, 0.5) is 13.2 Å². The average Bonchev–Trinajstić information content (AvgIpc) is 3.17. The molecule has 0 aromatic heterocycles. The molecule has 31 heavy (non-hydrogen) atoms. The molecule has 1 unspecified atom stereocenters. The first kappa shape index (κ1) is 20.1. The molecule has 1 spiro atoms. The maximum Gasteiger partial charge on any atom is 0.416 e. The minimum atomic E-state index is -4.37. The molecule has 6 heteroatoms. The van der Waals surface area contributed by atoms with Crippen molar-refractivity contribution < 1.29 is 18.0 Å². The van der Waals surface area contributed by atoms with Crippen molar-refractivity contribution in [3.05, 3.63) is 83.4 Å². The molecule has 0 aliphatic carbocycles. The third-order valence-electron chi connectivity index (χ3n) is 6.25. The highest BCUT2D eigenvalue weighted by atomic mass is 19.4. The van der Waals surface area contributed by atoms with Gasteiger partial charge in [-0.2, -0.15) is 13.2 Å². The summed E-state index contributed by atoms with van der Waals surface area (Å²) >= 11 is 0. The van der Waals surface area contributed by atoms with E-state index in [-0.39, 0.29) is 0 Å². The molecular weight excluding hydrogens is 401 g/mol. The van der Waals surface area contributed by atoms with Crippen molar-refractivity contribution in [2.75, 3.05) is 13.1 Å². The molecule has 2 heterocycles. The Bertz CT molecular complexity index is 1140. The monoisotopic (exact) mass is 424 g/mol. The number of nitrogens with zero attached hydrogens (tertiary/aromatic N) is 2. The number of likely N-dealkylation sites (tertiary alicyclic amines) is 1. The van der Waals surface area contributed by atoms with E-state index < -0.39 is 17.3 Å². The second-order valence-electron chi connectivity index (χ2n) is 8.52. The molecule has 1 saturated heterocycles. The van der Waals surface area contributed by atoms with Crippen LogP contribution in [-0.4, -0.2) is 29.3 Å². The first-order valence-electron chi connectivity index (χ1n) is 10.5. The topological polar surface area (TPSA) is 24.8 Å². The first-order chi connectivity index (χ1) is 14.9. The van der Waals surface area contributed by atoms with E-state index in [1.54, 1.807) is 6.07 Å². The number of piperidine rings is 1. The largest absolute Gasteiger partial charge is 0.416 e. The van der Waals surface area contributed by atoms with Gasteiger partial charge in [-0.1, -0.05) is 59.8 Å². The molecule has 0 radical (unpaired) electrons. The Balaban J connectivity index is 1.32. The summed E-state index contributed by atoms with van der Waals surface area (Å²) in [6, 6.07) is 20.1. The standard InChI is InChI=1S/C25H23F3N2O/c26-25(27,28)21-10-4-8-19(14-21)23-15-24(31-29-23)12-5-13-30(17-24)16-20-9-3-7-18-6-1-2-11-22(18)20/h1-4,6-11,14H,5,12-13,15-17H2. The molecule has 3 nitrogen and oxygen atoms in total. The van der Waals surface area contributed by atoms with Crippen molar-refractivity contribution in [2.24, 2.45) is 5.16 Å². The summed E-state index contributed by atoms with van der Waals surface area (Å²) in [5, 5.41) is 6.69. The van der Waals surface area contributed by atoms with E-state index in [9.17, 15) is 13.2 Å². The van der Waals surface area contributed by atoms with Crippen molar-refractivity contribution in [2.45, 2.75) is 37.6 Å². The van der Waals surface area contributed by atoms with Gasteiger partial charge in [0, 0.05) is 25.1 Å². The van der Waals surface area contributed by atoms with Gasteiger partial charge in [0.05, 0.1) is 11.3 Å². The first-order valence-corrected chi connectivity index (χ1v) is 10.5. The van der Waals surface area contributed by atoms with Crippen LogP contribution in [0.3, 0.4) is 0 Å². The summed E-state index contributed by atoms with van der Waals surface area (Å²) in [6.07, 6.45) is -2.02. The minimum Gasteiger partial charge on any atom is -0.387 e. The van der Waals surface area contributed by atoms with E-state index >= 15 is 0 Å². The van der Waals surface area contributed by atoms with E-state index in [0.717, 1.165) is 38.1 Å². The maximum atomic E-state index is 13.1. The summed E-state index contributed by atoms with van der Waals surface area (Å²) < 4.78 is 39.3. The zero-order valence-electron chi connectivity index (χ0n) is 17.0. The lowest BCUT2D eigenvalue weighted by molar-refractivity contribution is -0.137. The van der Waals surface area contributed by atoms with Crippen molar-refractivity contribution in [3.63, 3.8) is 0 Å². The van der Waals surface area contributed by atoms with Crippen LogP contribution in [0.1, 0.15) is 36.0 Å². The predicted octanol–water partition coefficient (Wildman–Crippen LogP) is 6.02. The van der Waals surface area contributed by atoms with Gasteiger partial charge in [0.25, 0.3) is 0 Å². The van der Waals surface area contributed by atoms with Gasteiger partial charge in [-0.15, -0.1) is 0 Å². The summed E-state index contributed by atoms with van der Waals surface area (Å²) in [6.45, 7) is 2.49. The summed E-state index contributed by atoms with van der Waals surface area (Å²) in [7, 11) is 0. The van der Waals surface area contributed by atoms with Gasteiger partial charge in [0.1, 0.15) is 0 Å². The maximum absolute atomic E-state index is 13.1. The highest BCUT2D eigenvalue weighted by Gasteiger charge is 2.43. The minimum absolute atomic E-state index is 0.466. The number of fused-ring (bicyclic) bond motifs is 1. The van der Waals surface area contributed by atoms with Crippen LogP contribution >= 0.6 is 0 Å². The molecule has 2 aliphatic heterocycles. The Morgan fingerprint density at radius 3 is 2.68 bits per heavy atom. The number of benzene rings is 3. The summed E-state index contributed by atoms with van der Waals surface area (Å²) in [5.74, 6) is 0. The molecule has 0 N–H and O–H groups in total. The van der Waals surface area contributed by atoms with Gasteiger partial charge in [-0.3, -0.25) is 4.90 Å². The van der Waals surface area contributed by atoms with Crippen molar-refractivity contribution in [3.8, 4) is 0 Å². The fourth-order valence-corrected chi connectivity index (χ4v) is 4.77. The molecule has 160 valence electrons. The van der Waals surface area contributed by atoms with Crippen LogP contribution in [-0.2, 0) is 17.6 Å². The molecule has 2 aliphatic rings. The van der Waals surface area contributed by atoms with Gasteiger partial charge < -0.3 is 4.84 Å². The van der Waals surface area contributed by atoms with E-state index in [4.69, 9.17) is 4.84 Å². The average molecular weight is 424 g/mol. The van der Waals surface area contributed by atoms with Gasteiger partial charge >= 0.3 is 6.18 Å². The lowest BCUT2D eigenvalue weighted by Gasteiger charge is -2.38. The lowest BCUT2D eigenvalue weighted by Crippen LogP contribution is -2.47. The quantitative estimate of drug-likeness (QED) is 0.514. The third-order valence-corrected chi connectivity index (χ3v) is 6.25. The van der Waals surface area contributed by atoms with Gasteiger partial charge in [0.2, 0.25) is 0 Å². The van der Waals surface area contributed by atoms with Crippen LogP contribution in [0.5, 0.6) is 0 Å². The molecule has 3 aromatic rings. The zero-order valence-corrected chi connectivity index (χ0v) is 17.0. The summed E-state index contributed by atoms with van der Waals surface area (Å²) in [4.78, 5) is 8.27. The highest BCUT2D eigenvalue weighted by Crippen LogP contribution is 2.37. The molecule has 3 aromatic carbocycles. The van der Waals surface area contributed by atoms with Crippen LogP contribution in [0.15, 0.2) is 71.9 Å². The van der Waals surface area contributed by atoms with Crippen molar-refractivity contribution in [1.29, 1.82) is 0 Å². The Morgan fingerprint density at radius 1 is 1.00 bits per heavy atom. The molecule has 0 bridgehead atoms. The molecular formula is C25H23F3N2O.